The second-order valence-electron chi connectivity index (χ2n) is 13.6. The van der Waals surface area contributed by atoms with Gasteiger partial charge < -0.3 is 26.2 Å². The molecule has 0 radical (unpaired) electrons. The number of hydrogen-bond donors (Lipinski definition) is 5. The zero-order chi connectivity index (χ0) is 41.4. The highest BCUT2D eigenvalue weighted by Gasteiger charge is 2.30. The van der Waals surface area contributed by atoms with Crippen LogP contribution in [-0.4, -0.2) is 81.6 Å². The average molecular weight is 770 g/mol. The largest absolute Gasteiger partial charge is 0.481 e. The third-order valence-electron chi connectivity index (χ3n) is 9.11. The molecule has 3 rings (SSSR count). The molecule has 0 saturated heterocycles. The van der Waals surface area contributed by atoms with Gasteiger partial charge in [-0.05, 0) is 42.2 Å². The number of hydrogen-bond acceptors (Lipinski definition) is 9. The molecular formula is C42H47N3O11. The molecule has 0 aromatic heterocycles. The van der Waals surface area contributed by atoms with Crippen molar-refractivity contribution in [3.05, 3.63) is 95.6 Å². The number of amides is 3. The third kappa shape index (κ3) is 14.2. The van der Waals surface area contributed by atoms with Gasteiger partial charge in [0.25, 0.3) is 5.91 Å². The van der Waals surface area contributed by atoms with Gasteiger partial charge in [0, 0.05) is 49.1 Å². The molecular weight excluding hydrogens is 722 g/mol. The van der Waals surface area contributed by atoms with Crippen molar-refractivity contribution >= 4 is 52.8 Å². The minimum Gasteiger partial charge on any atom is -0.481 e. The Morgan fingerprint density at radius 1 is 0.661 bits per heavy atom. The Hall–Kier alpha value is -6.31. The van der Waals surface area contributed by atoms with Crippen molar-refractivity contribution in [3.63, 3.8) is 0 Å². The number of nitrogens with one attached hydrogen (secondary N) is 3. The summed E-state index contributed by atoms with van der Waals surface area (Å²) >= 11 is 0. The summed E-state index contributed by atoms with van der Waals surface area (Å²) in [6.07, 6.45) is -1.36. The van der Waals surface area contributed by atoms with Crippen molar-refractivity contribution in [2.75, 3.05) is 6.54 Å². The lowest BCUT2D eigenvalue weighted by Crippen LogP contribution is -2.46. The van der Waals surface area contributed by atoms with Gasteiger partial charge in [0.15, 0.2) is 23.1 Å². The van der Waals surface area contributed by atoms with Crippen LogP contribution >= 0.6 is 0 Å². The van der Waals surface area contributed by atoms with E-state index in [1.54, 1.807) is 92.7 Å². The second kappa shape index (κ2) is 21.5. The summed E-state index contributed by atoms with van der Waals surface area (Å²) in [4.78, 5) is 111. The second-order valence-corrected chi connectivity index (χ2v) is 13.6. The van der Waals surface area contributed by atoms with Crippen molar-refractivity contribution in [3.8, 4) is 11.1 Å². The molecule has 3 amide bonds. The van der Waals surface area contributed by atoms with E-state index in [1.807, 2.05) is 0 Å². The number of rotatable bonds is 23. The van der Waals surface area contributed by atoms with E-state index in [9.17, 15) is 48.3 Å². The smallest absolute Gasteiger partial charge is 0.307 e. The summed E-state index contributed by atoms with van der Waals surface area (Å²) in [5.74, 6) is -8.18. The third-order valence-corrected chi connectivity index (χ3v) is 9.11. The normalized spacial score (nSPS) is 12.9. The van der Waals surface area contributed by atoms with Gasteiger partial charge in [0.1, 0.15) is 0 Å². The van der Waals surface area contributed by atoms with Crippen LogP contribution in [0.2, 0.25) is 0 Å². The molecule has 0 aliphatic carbocycles. The van der Waals surface area contributed by atoms with Gasteiger partial charge in [-0.25, -0.2) is 0 Å². The predicted octanol–water partition coefficient (Wildman–Crippen LogP) is 3.99. The molecule has 5 N–H and O–H groups in total. The Morgan fingerprint density at radius 3 is 1.80 bits per heavy atom. The Kier molecular flexibility index (Phi) is 17.0. The predicted molar refractivity (Wildman–Crippen MR) is 205 cm³/mol. The monoisotopic (exact) mass is 769 g/mol. The summed E-state index contributed by atoms with van der Waals surface area (Å²) in [6.45, 7) is 4.42. The van der Waals surface area contributed by atoms with Crippen molar-refractivity contribution in [2.24, 2.45) is 11.8 Å². The van der Waals surface area contributed by atoms with Crippen LogP contribution in [-0.2, 0) is 40.0 Å². The number of carbonyl (C=O) groups excluding carboxylic acids is 7. The molecule has 4 atom stereocenters. The highest BCUT2D eigenvalue weighted by atomic mass is 16.4. The van der Waals surface area contributed by atoms with E-state index in [0.29, 0.717) is 17.5 Å². The summed E-state index contributed by atoms with van der Waals surface area (Å²) in [5.41, 5.74) is 2.91. The topological polar surface area (TPSA) is 230 Å². The fourth-order valence-corrected chi connectivity index (χ4v) is 5.77. The lowest BCUT2D eigenvalue weighted by molar-refractivity contribution is -0.149. The maximum atomic E-state index is 13.1. The van der Waals surface area contributed by atoms with Gasteiger partial charge in [-0.15, -0.1) is 0 Å². The molecule has 3 aromatic carbocycles. The van der Waals surface area contributed by atoms with Crippen molar-refractivity contribution in [2.45, 2.75) is 77.8 Å². The molecule has 14 heteroatoms. The Morgan fingerprint density at radius 2 is 1.25 bits per heavy atom. The fourth-order valence-electron chi connectivity index (χ4n) is 5.77. The van der Waals surface area contributed by atoms with Crippen LogP contribution in [0.4, 0.5) is 0 Å². The zero-order valence-corrected chi connectivity index (χ0v) is 31.5. The molecule has 0 saturated carbocycles. The van der Waals surface area contributed by atoms with E-state index >= 15 is 0 Å². The first kappa shape index (κ1) is 44.1. The molecule has 1 unspecified atom stereocenters. The molecule has 0 aliphatic heterocycles. The van der Waals surface area contributed by atoms with E-state index in [1.165, 1.54) is 6.92 Å². The number of carboxylic acids is 2. The molecule has 56 heavy (non-hydrogen) atoms. The number of aliphatic carboxylic acids is 2. The summed E-state index contributed by atoms with van der Waals surface area (Å²) in [5, 5.41) is 26.2. The van der Waals surface area contributed by atoms with Gasteiger partial charge in [-0.1, -0.05) is 80.6 Å². The molecule has 14 nitrogen and oxygen atoms in total. The summed E-state index contributed by atoms with van der Waals surface area (Å²) < 4.78 is 0. The summed E-state index contributed by atoms with van der Waals surface area (Å²) in [7, 11) is 0. The van der Waals surface area contributed by atoms with Crippen LogP contribution < -0.4 is 16.0 Å². The first-order valence-electron chi connectivity index (χ1n) is 18.2. The standard InChI is InChI=1S/C42H47N3O11/c1-4-35(47)26(3)44-38(50)19-18-36(48)30-14-10-28(11-15-30)29-12-16-31(17-13-29)41(54)43-24-33(46)20-25(2)40(53)45-34(21-27-8-6-5-7-9-27)37(49)22-32(42(55)56)23-39(51)52/h5-17,25-26,32,34H,4,18-24H2,1-3H3,(H,43,54)(H,44,50)(H,45,53)(H,51,52)(H,55,56)/t25-,26+,32+,34?/m1/s1. The molecule has 0 fully saturated rings. The van der Waals surface area contributed by atoms with Crippen molar-refractivity contribution < 1.29 is 53.4 Å². The van der Waals surface area contributed by atoms with Crippen molar-refractivity contribution in [1.82, 2.24) is 16.0 Å². The molecule has 0 aliphatic rings. The Labute approximate surface area is 324 Å². The number of carboxylic acid groups (broad SMARTS) is 2. The SMILES string of the molecule is CCC(=O)[C@H](C)NC(=O)CCC(=O)c1ccc(-c2ccc(C(=O)NCC(=O)C[C@@H](C)C(=O)NC(Cc3ccccc3)C(=O)C[C@@H](CC(=O)O)C(=O)O)cc2)cc1. The maximum absolute atomic E-state index is 13.1. The molecule has 0 spiro atoms. The number of ketones is 4. The first-order valence-corrected chi connectivity index (χ1v) is 18.2. The van der Waals surface area contributed by atoms with E-state index < -0.39 is 72.1 Å². The molecule has 3 aromatic rings. The van der Waals surface area contributed by atoms with E-state index in [0.717, 1.165) is 11.1 Å². The van der Waals surface area contributed by atoms with Crippen LogP contribution in [0, 0.1) is 11.8 Å². The van der Waals surface area contributed by atoms with Crippen molar-refractivity contribution in [1.29, 1.82) is 0 Å². The van der Waals surface area contributed by atoms with Crippen LogP contribution in [0.15, 0.2) is 78.9 Å². The highest BCUT2D eigenvalue weighted by Crippen LogP contribution is 2.21. The zero-order valence-electron chi connectivity index (χ0n) is 31.5. The van der Waals surface area contributed by atoms with Crippen LogP contribution in [0.3, 0.4) is 0 Å². The fraction of sp³-hybridized carbons (Fsp3) is 0.357. The van der Waals surface area contributed by atoms with Gasteiger partial charge in [0.05, 0.1) is 31.0 Å². The average Bonchev–Trinajstić information content (AvgIpc) is 3.18. The lowest BCUT2D eigenvalue weighted by Gasteiger charge is -2.21. The van der Waals surface area contributed by atoms with Gasteiger partial charge in [0.2, 0.25) is 11.8 Å². The molecule has 0 bridgehead atoms. The van der Waals surface area contributed by atoms with Gasteiger partial charge >= 0.3 is 11.9 Å². The van der Waals surface area contributed by atoms with E-state index in [2.05, 4.69) is 16.0 Å². The molecule has 296 valence electrons. The van der Waals surface area contributed by atoms with Crippen LogP contribution in [0.5, 0.6) is 0 Å². The number of Topliss-reactive ketones (excluding diaryl/α,β-unsaturated/α-hetero) is 4. The summed E-state index contributed by atoms with van der Waals surface area (Å²) in [6, 6.07) is 20.2. The minimum atomic E-state index is -1.48. The highest BCUT2D eigenvalue weighted by molar-refractivity contribution is 6.00. The maximum Gasteiger partial charge on any atom is 0.307 e. The lowest BCUT2D eigenvalue weighted by atomic mass is 9.92. The number of carbonyl (C=O) groups is 9. The van der Waals surface area contributed by atoms with Gasteiger partial charge in [-0.3, -0.25) is 43.2 Å². The van der Waals surface area contributed by atoms with Crippen LogP contribution in [0.25, 0.3) is 11.1 Å². The quantitative estimate of drug-likeness (QED) is 0.0866. The Balaban J connectivity index is 1.51. The van der Waals surface area contributed by atoms with E-state index in [-0.39, 0.29) is 55.3 Å². The van der Waals surface area contributed by atoms with Crippen LogP contribution in [0.1, 0.15) is 85.6 Å². The first-order chi connectivity index (χ1) is 26.6. The molecule has 0 heterocycles. The minimum absolute atomic E-state index is 0.0129. The van der Waals surface area contributed by atoms with Gasteiger partial charge in [-0.2, -0.15) is 0 Å². The number of benzene rings is 3. The Bertz CT molecular complexity index is 1910. The van der Waals surface area contributed by atoms with E-state index in [4.69, 9.17) is 5.11 Å².